The van der Waals surface area contributed by atoms with Crippen molar-refractivity contribution in [1.82, 2.24) is 0 Å². The van der Waals surface area contributed by atoms with Gasteiger partial charge in [-0.15, -0.1) is 0 Å². The maximum atomic E-state index is 12.5. The number of nitrogens with zero attached hydrogens (tertiary/aromatic N) is 1. The van der Waals surface area contributed by atoms with Crippen molar-refractivity contribution in [1.29, 1.82) is 5.26 Å². The molecule has 0 saturated carbocycles. The molecular formula is C15H17NO4. The number of ketones is 1. The summed E-state index contributed by atoms with van der Waals surface area (Å²) in [7, 11) is 0. The van der Waals surface area contributed by atoms with Gasteiger partial charge >= 0.3 is 5.97 Å². The molecule has 0 aliphatic heterocycles. The van der Waals surface area contributed by atoms with Gasteiger partial charge < -0.3 is 9.84 Å². The number of hydrogen-bond acceptors (Lipinski definition) is 5. The number of esters is 1. The van der Waals surface area contributed by atoms with E-state index < -0.39 is 23.1 Å². The lowest BCUT2D eigenvalue weighted by Crippen LogP contribution is -2.38. The summed E-state index contributed by atoms with van der Waals surface area (Å²) in [5.74, 6) is -2.87. The Morgan fingerprint density at radius 3 is 2.50 bits per heavy atom. The van der Waals surface area contributed by atoms with E-state index in [0.29, 0.717) is 0 Å². The van der Waals surface area contributed by atoms with E-state index in [1.54, 1.807) is 19.1 Å². The minimum atomic E-state index is -1.28. The van der Waals surface area contributed by atoms with E-state index in [0.717, 1.165) is 0 Å². The van der Waals surface area contributed by atoms with Crippen LogP contribution in [0.5, 0.6) is 5.75 Å². The average Bonchev–Trinajstić information content (AvgIpc) is 2.39. The Morgan fingerprint density at radius 2 is 2.00 bits per heavy atom. The number of benzene rings is 1. The minimum Gasteiger partial charge on any atom is -0.507 e. The van der Waals surface area contributed by atoms with Gasteiger partial charge in [0, 0.05) is 0 Å². The van der Waals surface area contributed by atoms with Crippen LogP contribution in [0.2, 0.25) is 0 Å². The number of Topliss-reactive ketones (excluding diaryl/α,β-unsaturated/α-hetero) is 1. The predicted octanol–water partition coefficient (Wildman–Crippen LogP) is 2.30. The van der Waals surface area contributed by atoms with E-state index in [-0.39, 0.29) is 17.9 Å². The quantitative estimate of drug-likeness (QED) is 0.506. The van der Waals surface area contributed by atoms with Crippen molar-refractivity contribution in [2.24, 2.45) is 11.3 Å². The van der Waals surface area contributed by atoms with Gasteiger partial charge in [0.1, 0.15) is 11.7 Å². The van der Waals surface area contributed by atoms with Gasteiger partial charge in [0.05, 0.1) is 23.7 Å². The lowest BCUT2D eigenvalue weighted by molar-refractivity contribution is -0.148. The van der Waals surface area contributed by atoms with Crippen LogP contribution in [-0.4, -0.2) is 23.5 Å². The second kappa shape index (κ2) is 6.20. The van der Waals surface area contributed by atoms with Gasteiger partial charge in [0.25, 0.3) is 0 Å². The Balaban J connectivity index is 3.26. The summed E-state index contributed by atoms with van der Waals surface area (Å²) < 4.78 is 4.88. The second-order valence-corrected chi connectivity index (χ2v) is 4.90. The molecule has 106 valence electrons. The largest absolute Gasteiger partial charge is 0.507 e. The highest BCUT2D eigenvalue weighted by Crippen LogP contribution is 2.32. The Labute approximate surface area is 117 Å². The molecule has 0 radical (unpaired) electrons. The average molecular weight is 275 g/mol. The highest BCUT2D eigenvalue weighted by Gasteiger charge is 2.43. The third-order valence-corrected chi connectivity index (χ3v) is 2.96. The number of hydrogen-bond donors (Lipinski definition) is 1. The molecule has 1 atom stereocenters. The molecule has 0 spiro atoms. The number of ether oxygens (including phenoxy) is 1. The summed E-state index contributed by atoms with van der Waals surface area (Å²) in [4.78, 5) is 24.5. The summed E-state index contributed by atoms with van der Waals surface area (Å²) in [6.45, 7) is 4.72. The van der Waals surface area contributed by atoms with Gasteiger partial charge in [-0.25, -0.2) is 0 Å². The van der Waals surface area contributed by atoms with Crippen LogP contribution in [0.3, 0.4) is 0 Å². The van der Waals surface area contributed by atoms with Crippen LogP contribution < -0.4 is 0 Å². The van der Waals surface area contributed by atoms with Crippen molar-refractivity contribution in [3.05, 3.63) is 29.8 Å². The number of carbonyl (C=O) groups excluding carboxylic acids is 2. The van der Waals surface area contributed by atoms with Crippen LogP contribution in [0.1, 0.15) is 31.1 Å². The monoisotopic (exact) mass is 275 g/mol. The lowest BCUT2D eigenvalue weighted by atomic mass is 9.76. The van der Waals surface area contributed by atoms with Gasteiger partial charge in [-0.2, -0.15) is 5.26 Å². The van der Waals surface area contributed by atoms with Gasteiger partial charge in [0.2, 0.25) is 0 Å². The fourth-order valence-electron chi connectivity index (χ4n) is 1.86. The highest BCUT2D eigenvalue weighted by molar-refractivity contribution is 6.10. The number of phenols is 1. The molecule has 5 nitrogen and oxygen atoms in total. The SMILES string of the molecule is CCOC(=O)C(C(=O)c1ccccc1O)C(C)(C)C#N. The predicted molar refractivity (Wildman–Crippen MR) is 72.0 cm³/mol. The zero-order chi connectivity index (χ0) is 15.3. The molecular weight excluding hydrogens is 258 g/mol. The molecule has 1 unspecified atom stereocenters. The molecule has 0 bridgehead atoms. The molecule has 0 aliphatic carbocycles. The summed E-state index contributed by atoms with van der Waals surface area (Å²) >= 11 is 0. The molecule has 0 fully saturated rings. The lowest BCUT2D eigenvalue weighted by Gasteiger charge is -2.25. The standard InChI is InChI=1S/C15H17NO4/c1-4-20-14(19)12(15(2,3)9-16)13(18)10-7-5-6-8-11(10)17/h5-8,12,17H,4H2,1-3H3. The first kappa shape index (κ1) is 15.7. The molecule has 1 rings (SSSR count). The molecule has 1 aromatic rings. The number of aromatic hydroxyl groups is 1. The number of phenolic OH excluding ortho intramolecular Hbond substituents is 1. The normalized spacial score (nSPS) is 12.3. The number of carbonyl (C=O) groups is 2. The van der Waals surface area contributed by atoms with Crippen LogP contribution in [0.4, 0.5) is 0 Å². The van der Waals surface area contributed by atoms with Crippen LogP contribution in [0.15, 0.2) is 24.3 Å². The van der Waals surface area contributed by atoms with E-state index in [2.05, 4.69) is 0 Å². The zero-order valence-corrected chi connectivity index (χ0v) is 11.7. The number of nitriles is 1. The molecule has 0 amide bonds. The maximum absolute atomic E-state index is 12.5. The van der Waals surface area contributed by atoms with Crippen molar-refractivity contribution in [2.75, 3.05) is 6.61 Å². The van der Waals surface area contributed by atoms with Crippen molar-refractivity contribution in [3.63, 3.8) is 0 Å². The zero-order valence-electron chi connectivity index (χ0n) is 11.7. The molecule has 5 heteroatoms. The molecule has 1 aromatic carbocycles. The number of rotatable bonds is 5. The van der Waals surface area contributed by atoms with E-state index in [9.17, 15) is 20.0 Å². The van der Waals surface area contributed by atoms with Gasteiger partial charge in [0.15, 0.2) is 5.78 Å². The van der Waals surface area contributed by atoms with Crippen LogP contribution in [0.25, 0.3) is 0 Å². The van der Waals surface area contributed by atoms with E-state index in [4.69, 9.17) is 4.74 Å². The van der Waals surface area contributed by atoms with E-state index in [1.807, 2.05) is 6.07 Å². The Bertz CT molecular complexity index is 557. The van der Waals surface area contributed by atoms with Gasteiger partial charge in [-0.3, -0.25) is 9.59 Å². The van der Waals surface area contributed by atoms with Gasteiger partial charge in [-0.1, -0.05) is 12.1 Å². The van der Waals surface area contributed by atoms with Crippen molar-refractivity contribution >= 4 is 11.8 Å². The molecule has 0 saturated heterocycles. The first-order valence-electron chi connectivity index (χ1n) is 6.25. The van der Waals surface area contributed by atoms with Crippen molar-refractivity contribution in [3.8, 4) is 11.8 Å². The fraction of sp³-hybridized carbons (Fsp3) is 0.400. The molecule has 0 heterocycles. The molecule has 0 aromatic heterocycles. The first-order chi connectivity index (χ1) is 9.35. The first-order valence-corrected chi connectivity index (χ1v) is 6.25. The Kier molecular flexibility index (Phi) is 4.87. The molecule has 20 heavy (non-hydrogen) atoms. The van der Waals surface area contributed by atoms with Crippen LogP contribution >= 0.6 is 0 Å². The second-order valence-electron chi connectivity index (χ2n) is 4.90. The summed E-state index contributed by atoms with van der Waals surface area (Å²) in [6, 6.07) is 7.87. The summed E-state index contributed by atoms with van der Waals surface area (Å²) in [6.07, 6.45) is 0. The Hall–Kier alpha value is -2.35. The number of para-hydroxylation sites is 1. The van der Waals surface area contributed by atoms with Crippen molar-refractivity contribution in [2.45, 2.75) is 20.8 Å². The topological polar surface area (TPSA) is 87.4 Å². The molecule has 0 aliphatic rings. The fourth-order valence-corrected chi connectivity index (χ4v) is 1.86. The third kappa shape index (κ3) is 3.15. The van der Waals surface area contributed by atoms with Crippen molar-refractivity contribution < 1.29 is 19.4 Å². The van der Waals surface area contributed by atoms with Crippen LogP contribution in [0, 0.1) is 22.7 Å². The Morgan fingerprint density at radius 1 is 1.40 bits per heavy atom. The highest BCUT2D eigenvalue weighted by atomic mass is 16.5. The third-order valence-electron chi connectivity index (χ3n) is 2.96. The van der Waals surface area contributed by atoms with Gasteiger partial charge in [-0.05, 0) is 32.9 Å². The minimum absolute atomic E-state index is 0.00822. The summed E-state index contributed by atoms with van der Waals surface area (Å²) in [5, 5.41) is 18.9. The van der Waals surface area contributed by atoms with Crippen LogP contribution in [-0.2, 0) is 9.53 Å². The van der Waals surface area contributed by atoms with E-state index in [1.165, 1.54) is 26.0 Å². The maximum Gasteiger partial charge on any atom is 0.318 e. The smallest absolute Gasteiger partial charge is 0.318 e. The summed E-state index contributed by atoms with van der Waals surface area (Å²) in [5.41, 5.74) is -1.22. The molecule has 1 N–H and O–H groups in total. The van der Waals surface area contributed by atoms with E-state index >= 15 is 0 Å².